The zero-order valence-corrected chi connectivity index (χ0v) is 8.22. The van der Waals surface area contributed by atoms with E-state index in [9.17, 15) is 4.39 Å². The van der Waals surface area contributed by atoms with Crippen molar-refractivity contribution in [2.75, 3.05) is 25.6 Å². The van der Waals surface area contributed by atoms with Crippen LogP contribution in [-0.4, -0.2) is 20.3 Å². The summed E-state index contributed by atoms with van der Waals surface area (Å²) in [5, 5.41) is 3.21. The number of anilines is 1. The number of alkyl halides is 1. The van der Waals surface area contributed by atoms with Gasteiger partial charge in [-0.25, -0.2) is 4.39 Å². The molecule has 2 rings (SSSR count). The quantitative estimate of drug-likeness (QED) is 0.799. The first-order valence-electron chi connectivity index (χ1n) is 4.81. The molecule has 0 spiro atoms. The van der Waals surface area contributed by atoms with Gasteiger partial charge in [0.15, 0.2) is 6.17 Å². The molecule has 0 saturated heterocycles. The predicted octanol–water partition coefficient (Wildman–Crippen LogP) is 2.31. The zero-order chi connectivity index (χ0) is 9.97. The number of nitrogens with one attached hydrogen (secondary N) is 1. The molecule has 0 fully saturated rings. The van der Waals surface area contributed by atoms with Crippen molar-refractivity contribution >= 4 is 5.69 Å². The Labute approximate surface area is 83.1 Å². The van der Waals surface area contributed by atoms with Crippen molar-refractivity contribution in [1.29, 1.82) is 0 Å². The van der Waals surface area contributed by atoms with Crippen LogP contribution in [0, 0.1) is 0 Å². The first-order valence-corrected chi connectivity index (χ1v) is 4.81. The molecule has 1 aromatic rings. The predicted molar refractivity (Wildman–Crippen MR) is 54.4 cm³/mol. The molecule has 14 heavy (non-hydrogen) atoms. The van der Waals surface area contributed by atoms with Crippen molar-refractivity contribution in [2.24, 2.45) is 0 Å². The highest BCUT2D eigenvalue weighted by Crippen LogP contribution is 2.32. The lowest BCUT2D eigenvalue weighted by Crippen LogP contribution is -2.04. The van der Waals surface area contributed by atoms with Gasteiger partial charge >= 0.3 is 0 Å². The largest absolute Gasteiger partial charge is 0.384 e. The van der Waals surface area contributed by atoms with E-state index in [1.54, 1.807) is 0 Å². The molecule has 1 unspecified atom stereocenters. The van der Waals surface area contributed by atoms with Crippen LogP contribution in [0.15, 0.2) is 18.2 Å². The molecule has 1 heterocycles. The van der Waals surface area contributed by atoms with Crippen LogP contribution in [0.4, 0.5) is 10.1 Å². The fraction of sp³-hybridized carbons (Fsp3) is 0.455. The van der Waals surface area contributed by atoms with E-state index in [1.807, 2.05) is 18.2 Å². The monoisotopic (exact) mass is 195 g/mol. The Hall–Kier alpha value is -1.09. The van der Waals surface area contributed by atoms with Gasteiger partial charge < -0.3 is 10.1 Å². The third-order valence-corrected chi connectivity index (χ3v) is 2.53. The first-order chi connectivity index (χ1) is 6.83. The average molecular weight is 195 g/mol. The minimum Gasteiger partial charge on any atom is -0.384 e. The van der Waals surface area contributed by atoms with Gasteiger partial charge in [0.1, 0.15) is 0 Å². The Balaban J connectivity index is 2.29. The molecule has 0 bridgehead atoms. The van der Waals surface area contributed by atoms with E-state index in [0.29, 0.717) is 0 Å². The minimum atomic E-state index is -1.03. The topological polar surface area (TPSA) is 21.3 Å². The highest BCUT2D eigenvalue weighted by atomic mass is 19.1. The van der Waals surface area contributed by atoms with Crippen molar-refractivity contribution < 1.29 is 9.13 Å². The molecule has 1 aromatic carbocycles. The maximum Gasteiger partial charge on any atom is 0.150 e. The van der Waals surface area contributed by atoms with Crippen molar-refractivity contribution in [2.45, 2.75) is 12.6 Å². The van der Waals surface area contributed by atoms with E-state index >= 15 is 0 Å². The van der Waals surface area contributed by atoms with Crippen LogP contribution in [0.2, 0.25) is 0 Å². The highest BCUT2D eigenvalue weighted by molar-refractivity contribution is 5.61. The molecule has 3 heteroatoms. The minimum absolute atomic E-state index is 0.123. The molecule has 76 valence electrons. The number of fused-ring (bicyclic) bond motifs is 1. The van der Waals surface area contributed by atoms with Gasteiger partial charge in [-0.05, 0) is 12.0 Å². The number of benzene rings is 1. The Morgan fingerprint density at radius 3 is 3.21 bits per heavy atom. The summed E-state index contributed by atoms with van der Waals surface area (Å²) in [6, 6.07) is 5.77. The van der Waals surface area contributed by atoms with Crippen molar-refractivity contribution in [3.05, 3.63) is 29.3 Å². The summed E-state index contributed by atoms with van der Waals surface area (Å²) in [6.07, 6.45) is -0.0383. The summed E-state index contributed by atoms with van der Waals surface area (Å²) in [7, 11) is 1.52. The maximum atomic E-state index is 13.6. The molecule has 2 nitrogen and oxygen atoms in total. The van der Waals surface area contributed by atoms with Gasteiger partial charge in [-0.3, -0.25) is 0 Å². The zero-order valence-electron chi connectivity index (χ0n) is 8.22. The van der Waals surface area contributed by atoms with Crippen LogP contribution in [0.5, 0.6) is 0 Å². The lowest BCUT2D eigenvalue weighted by molar-refractivity contribution is 0.125. The Morgan fingerprint density at radius 1 is 1.57 bits per heavy atom. The third kappa shape index (κ3) is 1.60. The van der Waals surface area contributed by atoms with Gasteiger partial charge in [0, 0.05) is 24.9 Å². The summed E-state index contributed by atoms with van der Waals surface area (Å²) in [5.41, 5.74) is 2.90. The number of methoxy groups -OCH3 is 1. The third-order valence-electron chi connectivity index (χ3n) is 2.53. The Bertz CT molecular complexity index is 327. The number of rotatable bonds is 3. The van der Waals surface area contributed by atoms with E-state index in [-0.39, 0.29) is 6.61 Å². The van der Waals surface area contributed by atoms with Gasteiger partial charge in [-0.15, -0.1) is 0 Å². The first kappa shape index (κ1) is 9.46. The van der Waals surface area contributed by atoms with E-state index in [4.69, 9.17) is 4.74 Å². The molecule has 0 radical (unpaired) electrons. The van der Waals surface area contributed by atoms with Gasteiger partial charge in [-0.1, -0.05) is 18.2 Å². The fourth-order valence-corrected chi connectivity index (χ4v) is 1.86. The standard InChI is InChI=1S/C11H14FNO/c1-14-7-10(12)9-4-2-3-8-5-6-13-11(8)9/h2-4,10,13H,5-7H2,1H3. The van der Waals surface area contributed by atoms with E-state index in [0.717, 1.165) is 24.2 Å². The van der Waals surface area contributed by atoms with E-state index in [2.05, 4.69) is 5.32 Å². The van der Waals surface area contributed by atoms with Crippen molar-refractivity contribution in [1.82, 2.24) is 0 Å². The second-order valence-electron chi connectivity index (χ2n) is 3.48. The smallest absolute Gasteiger partial charge is 0.150 e. The molecule has 1 atom stereocenters. The highest BCUT2D eigenvalue weighted by Gasteiger charge is 2.19. The molecule has 0 aromatic heterocycles. The van der Waals surface area contributed by atoms with Crippen LogP contribution in [-0.2, 0) is 11.2 Å². The molecule has 1 aliphatic rings. The molecule has 0 saturated carbocycles. The number of halogens is 1. The summed E-state index contributed by atoms with van der Waals surface area (Å²) in [5.74, 6) is 0. The van der Waals surface area contributed by atoms with Crippen LogP contribution >= 0.6 is 0 Å². The normalized spacial score (nSPS) is 16.1. The lowest BCUT2D eigenvalue weighted by Gasteiger charge is -2.12. The van der Waals surface area contributed by atoms with Gasteiger partial charge in [0.25, 0.3) is 0 Å². The number of ether oxygens (including phenoxy) is 1. The molecular weight excluding hydrogens is 181 g/mol. The van der Waals surface area contributed by atoms with Gasteiger partial charge in [-0.2, -0.15) is 0 Å². The molecule has 1 N–H and O–H groups in total. The Morgan fingerprint density at radius 2 is 2.43 bits per heavy atom. The van der Waals surface area contributed by atoms with Crippen LogP contribution in [0.1, 0.15) is 17.3 Å². The number of hydrogen-bond donors (Lipinski definition) is 1. The van der Waals surface area contributed by atoms with E-state index in [1.165, 1.54) is 12.7 Å². The van der Waals surface area contributed by atoms with Crippen molar-refractivity contribution in [3.8, 4) is 0 Å². The number of para-hydroxylation sites is 1. The van der Waals surface area contributed by atoms with Gasteiger partial charge in [0.2, 0.25) is 0 Å². The summed E-state index contributed by atoms with van der Waals surface area (Å²) in [4.78, 5) is 0. The number of hydrogen-bond acceptors (Lipinski definition) is 2. The summed E-state index contributed by atoms with van der Waals surface area (Å²) >= 11 is 0. The second-order valence-corrected chi connectivity index (χ2v) is 3.48. The SMILES string of the molecule is COCC(F)c1cccc2c1NCC2. The van der Waals surface area contributed by atoms with Crippen LogP contribution < -0.4 is 5.32 Å². The molecular formula is C11H14FNO. The average Bonchev–Trinajstić information content (AvgIpc) is 2.65. The molecule has 0 amide bonds. The molecule has 0 aliphatic carbocycles. The van der Waals surface area contributed by atoms with Crippen molar-refractivity contribution in [3.63, 3.8) is 0 Å². The summed E-state index contributed by atoms with van der Waals surface area (Å²) in [6.45, 7) is 1.03. The second kappa shape index (κ2) is 3.96. The van der Waals surface area contributed by atoms with Crippen LogP contribution in [0.3, 0.4) is 0 Å². The molecule has 1 aliphatic heterocycles. The van der Waals surface area contributed by atoms with Gasteiger partial charge in [0.05, 0.1) is 6.61 Å². The lowest BCUT2D eigenvalue weighted by atomic mass is 10.0. The fourth-order valence-electron chi connectivity index (χ4n) is 1.86. The summed E-state index contributed by atoms with van der Waals surface area (Å²) < 4.78 is 18.4. The van der Waals surface area contributed by atoms with E-state index < -0.39 is 6.17 Å². The van der Waals surface area contributed by atoms with Crippen LogP contribution in [0.25, 0.3) is 0 Å². The maximum absolute atomic E-state index is 13.6. The Kier molecular flexibility index (Phi) is 2.68.